The summed E-state index contributed by atoms with van der Waals surface area (Å²) in [6, 6.07) is 0. The monoisotopic (exact) mass is 469 g/mol. The molecule has 0 aromatic heterocycles. The normalized spacial score (nSPS) is 26.6. The Hall–Kier alpha value is 0.940. The number of nitrogens with zero attached hydrogens (tertiary/aromatic N) is 1. The van der Waals surface area contributed by atoms with Gasteiger partial charge in [-0.2, -0.15) is 0 Å². The molecule has 13 heteroatoms. The summed E-state index contributed by atoms with van der Waals surface area (Å²) in [5.74, 6) is -2.15. The van der Waals surface area contributed by atoms with Crippen molar-refractivity contribution < 1.29 is 22.7 Å². The molecule has 1 fully saturated rings. The van der Waals surface area contributed by atoms with Gasteiger partial charge < -0.3 is 4.74 Å². The summed E-state index contributed by atoms with van der Waals surface area (Å²) < 4.78 is 27.8. The van der Waals surface area contributed by atoms with Crippen LogP contribution in [0.1, 0.15) is 20.8 Å². The van der Waals surface area contributed by atoms with Gasteiger partial charge in [-0.3, -0.25) is 9.59 Å². The summed E-state index contributed by atoms with van der Waals surface area (Å²) in [5, 5.41) is 0. The zero-order valence-corrected chi connectivity index (χ0v) is 19.7. The molecule has 1 heterocycles. The fourth-order valence-corrected chi connectivity index (χ4v) is 30.0. The third-order valence-corrected chi connectivity index (χ3v) is 29.0. The van der Waals surface area contributed by atoms with Crippen molar-refractivity contribution in [3.05, 3.63) is 0 Å². The topological polar surface area (TPSA) is 80.8 Å². The van der Waals surface area contributed by atoms with Gasteiger partial charge in [0.15, 0.2) is 0 Å². The number of carbonyl (C=O) groups excluding carboxylic acids is 2. The lowest BCUT2D eigenvalue weighted by Crippen LogP contribution is -2.40. The van der Waals surface area contributed by atoms with Crippen LogP contribution < -0.4 is 0 Å². The molecule has 0 aromatic carbocycles. The number of amides is 1. The van der Waals surface area contributed by atoms with Crippen LogP contribution in [0, 0.1) is 5.92 Å². The highest BCUT2D eigenvalue weighted by molar-refractivity contribution is 9.29. The maximum Gasteiger partial charge on any atom is 0.326 e. The summed E-state index contributed by atoms with van der Waals surface area (Å²) in [4.78, 5) is 24.3. The molecule has 24 heavy (non-hydrogen) atoms. The smallest absolute Gasteiger partial charge is 0.326 e. The number of hydrogen-bond acceptors (Lipinski definition) is 10. The standard InChI is InChI=1S/C11H20NO5PS6/c1-6-17-9(13)7-12-10(14)8(2)11(3,24(12,15)16)18(19,22-20-4)23-21-5/h8H,6-7H2,1-5H3. The third kappa shape index (κ3) is 3.80. The molecule has 1 rings (SSSR count). The van der Waals surface area contributed by atoms with Crippen molar-refractivity contribution in [2.24, 2.45) is 5.92 Å². The van der Waals surface area contributed by atoms with E-state index in [9.17, 15) is 18.0 Å². The van der Waals surface area contributed by atoms with E-state index in [1.807, 2.05) is 12.5 Å². The Morgan fingerprint density at radius 1 is 1.38 bits per heavy atom. The van der Waals surface area contributed by atoms with E-state index in [2.05, 4.69) is 0 Å². The van der Waals surface area contributed by atoms with Crippen LogP contribution in [0.3, 0.4) is 0 Å². The third-order valence-electron chi connectivity index (χ3n) is 3.70. The van der Waals surface area contributed by atoms with Gasteiger partial charge in [-0.05, 0) is 47.2 Å². The second-order valence-electron chi connectivity index (χ2n) is 4.91. The summed E-state index contributed by atoms with van der Waals surface area (Å²) in [5.41, 5.74) is 0. The van der Waals surface area contributed by atoms with E-state index in [-0.39, 0.29) is 6.61 Å². The Morgan fingerprint density at radius 3 is 2.29 bits per heavy atom. The van der Waals surface area contributed by atoms with Gasteiger partial charge in [0, 0.05) is 0 Å². The first-order chi connectivity index (χ1) is 11.0. The number of carbonyl (C=O) groups is 2. The molecule has 2 unspecified atom stereocenters. The Morgan fingerprint density at radius 2 is 1.88 bits per heavy atom. The summed E-state index contributed by atoms with van der Waals surface area (Å²) >= 11 is 5.79. The average Bonchev–Trinajstić information content (AvgIpc) is 2.62. The summed E-state index contributed by atoms with van der Waals surface area (Å²) in [7, 11) is 1.42. The van der Waals surface area contributed by atoms with Crippen molar-refractivity contribution in [3.63, 3.8) is 0 Å². The first kappa shape index (κ1) is 23.0. The lowest BCUT2D eigenvalue weighted by molar-refractivity contribution is -0.146. The molecule has 1 saturated heterocycles. The van der Waals surface area contributed by atoms with Gasteiger partial charge in [-0.1, -0.05) is 40.3 Å². The van der Waals surface area contributed by atoms with Crippen LogP contribution in [-0.4, -0.2) is 54.8 Å². The first-order valence-electron chi connectivity index (χ1n) is 6.80. The van der Waals surface area contributed by atoms with Gasteiger partial charge in [0.25, 0.3) is 10.0 Å². The summed E-state index contributed by atoms with van der Waals surface area (Å²) in [6.45, 7) is 4.26. The highest BCUT2D eigenvalue weighted by atomic mass is 33.6. The van der Waals surface area contributed by atoms with Gasteiger partial charge in [-0.25, -0.2) is 12.7 Å². The number of esters is 1. The minimum atomic E-state index is -4.08. The average molecular weight is 470 g/mol. The molecule has 0 radical (unpaired) electrons. The Labute approximate surface area is 163 Å². The van der Waals surface area contributed by atoms with Crippen molar-refractivity contribution in [2.75, 3.05) is 25.7 Å². The van der Waals surface area contributed by atoms with Gasteiger partial charge in [0.2, 0.25) is 5.91 Å². The second kappa shape index (κ2) is 8.75. The highest BCUT2D eigenvalue weighted by Crippen LogP contribution is 2.85. The molecule has 0 spiro atoms. The molecule has 2 atom stereocenters. The molecule has 0 aliphatic carbocycles. The van der Waals surface area contributed by atoms with Crippen LogP contribution >= 0.6 is 46.9 Å². The molecule has 6 nitrogen and oxygen atoms in total. The van der Waals surface area contributed by atoms with Crippen molar-refractivity contribution in [1.29, 1.82) is 0 Å². The van der Waals surface area contributed by atoms with Crippen LogP contribution in [-0.2, 0) is 36.2 Å². The number of hydrogen-bond donors (Lipinski definition) is 0. The van der Waals surface area contributed by atoms with Crippen LogP contribution in [0.25, 0.3) is 0 Å². The first-order valence-corrected chi connectivity index (χ1v) is 17.4. The van der Waals surface area contributed by atoms with Crippen LogP contribution in [0.4, 0.5) is 0 Å². The molecule has 0 aromatic rings. The zero-order valence-electron chi connectivity index (χ0n) is 13.9. The van der Waals surface area contributed by atoms with Crippen molar-refractivity contribution in [1.82, 2.24) is 4.31 Å². The SMILES string of the molecule is CCOC(=O)CN1C(=O)C(C)C(C)(P(=S)(SSC)SSC)S1(=O)=O. The van der Waals surface area contributed by atoms with E-state index in [0.717, 1.165) is 0 Å². The summed E-state index contributed by atoms with van der Waals surface area (Å²) in [6.07, 6.45) is 3.67. The molecule has 0 N–H and O–H groups in total. The molecule has 1 aliphatic heterocycles. The predicted octanol–water partition coefficient (Wildman–Crippen LogP) is 3.41. The van der Waals surface area contributed by atoms with E-state index in [4.69, 9.17) is 16.5 Å². The Kier molecular flexibility index (Phi) is 8.38. The quantitative estimate of drug-likeness (QED) is 0.300. The minimum absolute atomic E-state index is 0.121. The molecule has 1 aliphatic rings. The van der Waals surface area contributed by atoms with E-state index in [1.54, 1.807) is 20.8 Å². The molecular weight excluding hydrogens is 449 g/mol. The largest absolute Gasteiger partial charge is 0.465 e. The maximum absolute atomic E-state index is 13.2. The van der Waals surface area contributed by atoms with E-state index >= 15 is 0 Å². The van der Waals surface area contributed by atoms with Crippen molar-refractivity contribution in [3.8, 4) is 0 Å². The molecule has 1 amide bonds. The molecule has 0 bridgehead atoms. The van der Waals surface area contributed by atoms with Gasteiger partial charge in [0.1, 0.15) is 15.5 Å². The van der Waals surface area contributed by atoms with Gasteiger partial charge in [-0.15, -0.1) is 0 Å². The molecule has 140 valence electrons. The van der Waals surface area contributed by atoms with Crippen molar-refractivity contribution in [2.45, 2.75) is 25.3 Å². The van der Waals surface area contributed by atoms with Gasteiger partial charge in [0.05, 0.1) is 12.5 Å². The van der Waals surface area contributed by atoms with Crippen LogP contribution in [0.15, 0.2) is 0 Å². The van der Waals surface area contributed by atoms with Crippen LogP contribution in [0.5, 0.6) is 0 Å². The van der Waals surface area contributed by atoms with Gasteiger partial charge >= 0.3 is 5.97 Å². The fraction of sp³-hybridized carbons (Fsp3) is 0.818. The van der Waals surface area contributed by atoms with E-state index in [1.165, 1.54) is 42.4 Å². The highest BCUT2D eigenvalue weighted by Gasteiger charge is 2.66. The maximum atomic E-state index is 13.2. The lowest BCUT2D eigenvalue weighted by atomic mass is 10.1. The fourth-order valence-electron chi connectivity index (χ4n) is 2.23. The number of sulfonamides is 1. The Bertz CT molecular complexity index is 645. The zero-order chi connectivity index (χ0) is 18.8. The number of ether oxygens (including phenoxy) is 1. The number of rotatable bonds is 8. The molecule has 0 saturated carbocycles. The van der Waals surface area contributed by atoms with Crippen LogP contribution in [0.2, 0.25) is 0 Å². The van der Waals surface area contributed by atoms with E-state index in [0.29, 0.717) is 4.31 Å². The minimum Gasteiger partial charge on any atom is -0.465 e. The molecular formula is C11H20NO5PS6. The predicted molar refractivity (Wildman–Crippen MR) is 111 cm³/mol. The van der Waals surface area contributed by atoms with E-state index < -0.39 is 43.3 Å². The Balaban J connectivity index is 3.41. The lowest BCUT2D eigenvalue weighted by Gasteiger charge is -2.36. The van der Waals surface area contributed by atoms with Crippen molar-refractivity contribution >= 4 is 80.6 Å². The second-order valence-corrected chi connectivity index (χ2v) is 22.9.